The van der Waals surface area contributed by atoms with Crippen molar-refractivity contribution in [3.63, 3.8) is 0 Å². The van der Waals surface area contributed by atoms with Gasteiger partial charge in [0.1, 0.15) is 0 Å². The number of benzene rings is 1. The van der Waals surface area contributed by atoms with Gasteiger partial charge in [0, 0.05) is 12.2 Å². The van der Waals surface area contributed by atoms with E-state index in [0.29, 0.717) is 17.8 Å². The van der Waals surface area contributed by atoms with E-state index in [0.717, 1.165) is 30.5 Å². The lowest BCUT2D eigenvalue weighted by molar-refractivity contribution is -0.118. The fraction of sp³-hybridized carbons (Fsp3) is 0.600. The summed E-state index contributed by atoms with van der Waals surface area (Å²) in [4.78, 5) is 26.4. The maximum Gasteiger partial charge on any atom is 0.337 e. The van der Waals surface area contributed by atoms with Crippen LogP contribution in [-0.2, 0) is 9.53 Å². The van der Waals surface area contributed by atoms with E-state index in [2.05, 4.69) is 10.2 Å². The first-order chi connectivity index (χ1) is 12.1. The predicted molar refractivity (Wildman–Crippen MR) is 97.7 cm³/mol. The summed E-state index contributed by atoms with van der Waals surface area (Å²) in [7, 11) is 1.36. The van der Waals surface area contributed by atoms with Crippen molar-refractivity contribution in [3.8, 4) is 0 Å². The van der Waals surface area contributed by atoms with Crippen LogP contribution in [0.25, 0.3) is 0 Å². The van der Waals surface area contributed by atoms with Gasteiger partial charge in [0.15, 0.2) is 0 Å². The highest BCUT2D eigenvalue weighted by Gasteiger charge is 2.31. The van der Waals surface area contributed by atoms with Gasteiger partial charge in [-0.3, -0.25) is 9.69 Å². The second-order valence-electron chi connectivity index (χ2n) is 7.40. The van der Waals surface area contributed by atoms with Crippen molar-refractivity contribution in [2.45, 2.75) is 39.0 Å². The molecule has 1 N–H and O–H groups in total. The van der Waals surface area contributed by atoms with E-state index in [9.17, 15) is 9.59 Å². The van der Waals surface area contributed by atoms with Crippen molar-refractivity contribution in [2.24, 2.45) is 11.8 Å². The molecule has 2 atom stereocenters. The molecule has 0 radical (unpaired) electrons. The van der Waals surface area contributed by atoms with Crippen molar-refractivity contribution < 1.29 is 14.3 Å². The van der Waals surface area contributed by atoms with Crippen molar-refractivity contribution in [1.82, 2.24) is 4.90 Å². The number of rotatable bonds is 4. The Bertz CT molecular complexity index is 644. The molecular formula is C20H28N2O3. The monoisotopic (exact) mass is 344 g/mol. The van der Waals surface area contributed by atoms with Crippen molar-refractivity contribution in [3.05, 3.63) is 29.3 Å². The second kappa shape index (κ2) is 8.00. The second-order valence-corrected chi connectivity index (χ2v) is 7.40. The number of piperidine rings is 1. The minimum Gasteiger partial charge on any atom is -0.465 e. The zero-order valence-corrected chi connectivity index (χ0v) is 15.2. The standard InChI is InChI=1S/C20H28N2O3/c1-14-7-8-16(20(24)25-2)11-18(14)21-19(23)13-22-10-9-15-5-3-4-6-17(15)12-22/h7-8,11,15,17H,3-6,9-10,12-13H2,1-2H3,(H,21,23)/t15-,17+/m0/s1. The number of nitrogens with zero attached hydrogens (tertiary/aromatic N) is 1. The number of esters is 1. The Labute approximate surface area is 149 Å². The largest absolute Gasteiger partial charge is 0.465 e. The number of methoxy groups -OCH3 is 1. The van der Waals surface area contributed by atoms with Gasteiger partial charge in [0.25, 0.3) is 0 Å². The smallest absolute Gasteiger partial charge is 0.337 e. The Morgan fingerprint density at radius 3 is 2.72 bits per heavy atom. The average molecular weight is 344 g/mol. The number of hydrogen-bond acceptors (Lipinski definition) is 4. The van der Waals surface area contributed by atoms with Crippen LogP contribution in [-0.4, -0.2) is 43.5 Å². The fourth-order valence-electron chi connectivity index (χ4n) is 4.21. The molecule has 1 saturated carbocycles. The maximum absolute atomic E-state index is 12.5. The van der Waals surface area contributed by atoms with E-state index in [1.54, 1.807) is 12.1 Å². The number of anilines is 1. The minimum absolute atomic E-state index is 0.0145. The Hall–Kier alpha value is -1.88. The van der Waals surface area contributed by atoms with Gasteiger partial charge in [-0.15, -0.1) is 0 Å². The Kier molecular flexibility index (Phi) is 5.74. The number of hydrogen-bond donors (Lipinski definition) is 1. The van der Waals surface area contributed by atoms with Crippen LogP contribution in [0, 0.1) is 18.8 Å². The van der Waals surface area contributed by atoms with Gasteiger partial charge in [0.05, 0.1) is 19.2 Å². The molecule has 1 aliphatic carbocycles. The normalized spacial score (nSPS) is 23.6. The summed E-state index contributed by atoms with van der Waals surface area (Å²) in [5.41, 5.74) is 2.07. The highest BCUT2D eigenvalue weighted by molar-refractivity contribution is 5.96. The molecular weight excluding hydrogens is 316 g/mol. The first-order valence-electron chi connectivity index (χ1n) is 9.28. The van der Waals surface area contributed by atoms with Crippen LogP contribution < -0.4 is 5.32 Å². The third-order valence-electron chi connectivity index (χ3n) is 5.68. The summed E-state index contributed by atoms with van der Waals surface area (Å²) in [5, 5.41) is 2.96. The molecule has 5 heteroatoms. The number of amides is 1. The van der Waals surface area contributed by atoms with Crippen LogP contribution >= 0.6 is 0 Å². The number of fused-ring (bicyclic) bond motifs is 1. The maximum atomic E-state index is 12.5. The lowest BCUT2D eigenvalue weighted by atomic mass is 9.75. The number of aryl methyl sites for hydroxylation is 1. The van der Waals surface area contributed by atoms with E-state index in [4.69, 9.17) is 4.74 Å². The lowest BCUT2D eigenvalue weighted by Crippen LogP contribution is -2.44. The summed E-state index contributed by atoms with van der Waals surface area (Å²) in [6.07, 6.45) is 6.60. The van der Waals surface area contributed by atoms with E-state index in [-0.39, 0.29) is 5.91 Å². The summed E-state index contributed by atoms with van der Waals surface area (Å²) >= 11 is 0. The Morgan fingerprint density at radius 2 is 1.96 bits per heavy atom. The van der Waals surface area contributed by atoms with E-state index >= 15 is 0 Å². The van der Waals surface area contributed by atoms with Gasteiger partial charge in [0.2, 0.25) is 5.91 Å². The Balaban J connectivity index is 1.58. The molecule has 25 heavy (non-hydrogen) atoms. The van der Waals surface area contributed by atoms with Gasteiger partial charge in [-0.25, -0.2) is 4.79 Å². The molecule has 1 aliphatic heterocycles. The number of ether oxygens (including phenoxy) is 1. The summed E-state index contributed by atoms with van der Waals surface area (Å²) in [6, 6.07) is 5.23. The SMILES string of the molecule is COC(=O)c1ccc(C)c(NC(=O)CN2CC[C@@H]3CCCC[C@@H]3C2)c1. The lowest BCUT2D eigenvalue weighted by Gasteiger charge is -2.41. The molecule has 1 saturated heterocycles. The highest BCUT2D eigenvalue weighted by atomic mass is 16.5. The molecule has 0 unspecified atom stereocenters. The number of nitrogens with one attached hydrogen (secondary N) is 1. The zero-order chi connectivity index (χ0) is 17.8. The van der Waals surface area contributed by atoms with Crippen molar-refractivity contribution in [1.29, 1.82) is 0 Å². The van der Waals surface area contributed by atoms with E-state index in [1.807, 2.05) is 13.0 Å². The van der Waals surface area contributed by atoms with Crippen LogP contribution in [0.5, 0.6) is 0 Å². The van der Waals surface area contributed by atoms with Gasteiger partial charge in [-0.1, -0.05) is 25.3 Å². The van der Waals surface area contributed by atoms with Crippen LogP contribution in [0.1, 0.15) is 48.0 Å². The predicted octanol–water partition coefficient (Wildman–Crippen LogP) is 3.23. The molecule has 1 heterocycles. The molecule has 3 rings (SSSR count). The summed E-state index contributed by atoms with van der Waals surface area (Å²) in [6.45, 7) is 4.39. The first-order valence-corrected chi connectivity index (χ1v) is 9.28. The van der Waals surface area contributed by atoms with Crippen LogP contribution in [0.3, 0.4) is 0 Å². The van der Waals surface area contributed by atoms with Crippen LogP contribution in [0.2, 0.25) is 0 Å². The van der Waals surface area contributed by atoms with E-state index in [1.165, 1.54) is 39.2 Å². The minimum atomic E-state index is -0.394. The quantitative estimate of drug-likeness (QED) is 0.852. The van der Waals surface area contributed by atoms with Crippen molar-refractivity contribution in [2.75, 3.05) is 32.1 Å². The van der Waals surface area contributed by atoms with Gasteiger partial charge in [-0.05, 0) is 55.8 Å². The third-order valence-corrected chi connectivity index (χ3v) is 5.68. The Morgan fingerprint density at radius 1 is 1.20 bits per heavy atom. The third kappa shape index (κ3) is 4.40. The molecule has 0 spiro atoms. The number of carbonyl (C=O) groups excluding carboxylic acids is 2. The van der Waals surface area contributed by atoms with Crippen LogP contribution in [0.15, 0.2) is 18.2 Å². The zero-order valence-electron chi connectivity index (χ0n) is 15.2. The number of likely N-dealkylation sites (tertiary alicyclic amines) is 1. The van der Waals surface area contributed by atoms with Crippen molar-refractivity contribution >= 4 is 17.6 Å². The molecule has 1 aromatic rings. The molecule has 2 fully saturated rings. The summed E-state index contributed by atoms with van der Waals surface area (Å²) in [5.74, 6) is 1.22. The van der Waals surface area contributed by atoms with E-state index < -0.39 is 5.97 Å². The van der Waals surface area contributed by atoms with Gasteiger partial charge in [-0.2, -0.15) is 0 Å². The topological polar surface area (TPSA) is 58.6 Å². The van der Waals surface area contributed by atoms with Gasteiger partial charge < -0.3 is 10.1 Å². The highest BCUT2D eigenvalue weighted by Crippen LogP contribution is 2.35. The molecule has 1 aromatic carbocycles. The fourth-order valence-corrected chi connectivity index (χ4v) is 4.21. The molecule has 2 aliphatic rings. The molecule has 1 amide bonds. The average Bonchev–Trinajstić information content (AvgIpc) is 2.62. The molecule has 136 valence electrons. The number of carbonyl (C=O) groups is 2. The van der Waals surface area contributed by atoms with Gasteiger partial charge >= 0.3 is 5.97 Å². The molecule has 0 aromatic heterocycles. The molecule has 0 bridgehead atoms. The first kappa shape index (κ1) is 17.9. The summed E-state index contributed by atoms with van der Waals surface area (Å²) < 4.78 is 4.75. The molecule has 5 nitrogen and oxygen atoms in total. The van der Waals surface area contributed by atoms with Crippen LogP contribution in [0.4, 0.5) is 5.69 Å².